The molecule has 2 N–H and O–H groups in total. The van der Waals surface area contributed by atoms with Gasteiger partial charge >= 0.3 is 0 Å². The maximum Gasteiger partial charge on any atom is 0.233 e. The van der Waals surface area contributed by atoms with Crippen LogP contribution in [0.4, 0.5) is 23.5 Å². The topological polar surface area (TPSA) is 75.2 Å². The minimum atomic E-state index is 0.557. The van der Waals surface area contributed by atoms with Crippen LogP contribution in [-0.4, -0.2) is 47.8 Å². The van der Waals surface area contributed by atoms with E-state index in [1.165, 1.54) is 25.7 Å². The Morgan fingerprint density at radius 3 is 2.57 bits per heavy atom. The molecule has 0 saturated carbocycles. The molecule has 0 amide bonds. The second-order valence-electron chi connectivity index (χ2n) is 7.16. The molecule has 1 aliphatic carbocycles. The van der Waals surface area contributed by atoms with Crippen LogP contribution < -0.4 is 15.5 Å². The Kier molecular flexibility index (Phi) is 6.34. The predicted octanol–water partition coefficient (Wildman–Crippen LogP) is 3.75. The van der Waals surface area contributed by atoms with Gasteiger partial charge in [0.25, 0.3) is 0 Å². The summed E-state index contributed by atoms with van der Waals surface area (Å²) in [5.41, 5.74) is 2.50. The summed E-state index contributed by atoms with van der Waals surface area (Å²) in [5.74, 6) is 1.87. The molecule has 28 heavy (non-hydrogen) atoms. The molecule has 0 bridgehead atoms. The highest BCUT2D eigenvalue weighted by Crippen LogP contribution is 2.21. The molecule has 1 aromatic heterocycles. The summed E-state index contributed by atoms with van der Waals surface area (Å²) in [6, 6.07) is 9.97. The minimum absolute atomic E-state index is 0.557. The van der Waals surface area contributed by atoms with Crippen molar-refractivity contribution in [3.05, 3.63) is 42.0 Å². The molecule has 0 spiro atoms. The highest BCUT2D eigenvalue weighted by atomic mass is 16.5. The zero-order valence-corrected chi connectivity index (χ0v) is 16.2. The van der Waals surface area contributed by atoms with E-state index in [-0.39, 0.29) is 0 Å². The van der Waals surface area contributed by atoms with Crippen molar-refractivity contribution in [2.75, 3.05) is 48.4 Å². The lowest BCUT2D eigenvalue weighted by molar-refractivity contribution is 0.122. The molecule has 2 aliphatic rings. The van der Waals surface area contributed by atoms with E-state index in [9.17, 15) is 0 Å². The summed E-state index contributed by atoms with van der Waals surface area (Å²) in [7, 11) is 0. The number of ether oxygens (including phenoxy) is 1. The number of para-hydroxylation sites is 1. The van der Waals surface area contributed by atoms with Gasteiger partial charge in [0, 0.05) is 25.3 Å². The summed E-state index contributed by atoms with van der Waals surface area (Å²) in [6.45, 7) is 3.82. The number of aromatic nitrogens is 3. The van der Waals surface area contributed by atoms with Gasteiger partial charge in [-0.3, -0.25) is 0 Å². The number of benzene rings is 1. The van der Waals surface area contributed by atoms with Crippen LogP contribution in [0.1, 0.15) is 32.1 Å². The summed E-state index contributed by atoms with van der Waals surface area (Å²) in [4.78, 5) is 16.0. The van der Waals surface area contributed by atoms with Crippen LogP contribution in [0.25, 0.3) is 0 Å². The number of allylic oxidation sites excluding steroid dienone is 1. The Bertz CT molecular complexity index is 789. The van der Waals surface area contributed by atoms with E-state index < -0.39 is 0 Å². The maximum atomic E-state index is 5.46. The Balaban J connectivity index is 1.48. The molecular weight excluding hydrogens is 352 g/mol. The summed E-state index contributed by atoms with van der Waals surface area (Å²) in [5, 5.41) is 6.69. The van der Waals surface area contributed by atoms with Crippen molar-refractivity contribution in [2.24, 2.45) is 0 Å². The van der Waals surface area contributed by atoms with E-state index in [4.69, 9.17) is 4.74 Å². The van der Waals surface area contributed by atoms with Crippen LogP contribution in [0, 0.1) is 0 Å². The van der Waals surface area contributed by atoms with E-state index in [0.717, 1.165) is 31.7 Å². The van der Waals surface area contributed by atoms with Gasteiger partial charge in [-0.05, 0) is 44.2 Å². The first-order valence-electron chi connectivity index (χ1n) is 10.2. The Labute approximate surface area is 166 Å². The molecule has 0 atom stereocenters. The van der Waals surface area contributed by atoms with E-state index in [2.05, 4.69) is 36.6 Å². The lowest BCUT2D eigenvalue weighted by Crippen LogP contribution is -2.37. The molecule has 0 unspecified atom stereocenters. The monoisotopic (exact) mass is 380 g/mol. The third-order valence-electron chi connectivity index (χ3n) is 5.06. The van der Waals surface area contributed by atoms with Crippen molar-refractivity contribution in [2.45, 2.75) is 32.1 Å². The van der Waals surface area contributed by atoms with Gasteiger partial charge < -0.3 is 20.3 Å². The largest absolute Gasteiger partial charge is 0.378 e. The van der Waals surface area contributed by atoms with Gasteiger partial charge in [-0.15, -0.1) is 0 Å². The fourth-order valence-electron chi connectivity index (χ4n) is 3.52. The first-order valence-corrected chi connectivity index (χ1v) is 10.2. The second-order valence-corrected chi connectivity index (χ2v) is 7.16. The van der Waals surface area contributed by atoms with Gasteiger partial charge in [0.2, 0.25) is 17.8 Å². The summed E-state index contributed by atoms with van der Waals surface area (Å²) < 4.78 is 5.46. The fourth-order valence-corrected chi connectivity index (χ4v) is 3.52. The molecule has 1 aliphatic heterocycles. The molecular formula is C21H28N6O. The summed E-state index contributed by atoms with van der Waals surface area (Å²) >= 11 is 0. The fraction of sp³-hybridized carbons (Fsp3) is 0.476. The van der Waals surface area contributed by atoms with Gasteiger partial charge in [0.05, 0.1) is 13.2 Å². The van der Waals surface area contributed by atoms with E-state index in [0.29, 0.717) is 31.1 Å². The number of anilines is 4. The highest BCUT2D eigenvalue weighted by molar-refractivity contribution is 5.55. The number of hydrogen-bond donors (Lipinski definition) is 2. The number of nitrogens with one attached hydrogen (secondary N) is 2. The van der Waals surface area contributed by atoms with Gasteiger partial charge in [-0.25, -0.2) is 0 Å². The number of nitrogens with zero attached hydrogens (tertiary/aromatic N) is 4. The standard InChI is InChI=1S/C21H28N6O/c1-3-7-17(8-4-1)11-12-22-19-24-20(23-18-9-5-2-6-10-18)26-21(25-19)27-13-15-28-16-14-27/h2,5-7,9-10H,1,3-4,8,11-16H2,(H2,22,23,24,25,26). The van der Waals surface area contributed by atoms with Gasteiger partial charge in [0.1, 0.15) is 0 Å². The van der Waals surface area contributed by atoms with Gasteiger partial charge in [-0.2, -0.15) is 15.0 Å². The third-order valence-corrected chi connectivity index (χ3v) is 5.06. The summed E-state index contributed by atoms with van der Waals surface area (Å²) in [6.07, 6.45) is 8.50. The lowest BCUT2D eigenvalue weighted by Gasteiger charge is -2.27. The van der Waals surface area contributed by atoms with E-state index >= 15 is 0 Å². The Hall–Kier alpha value is -2.67. The van der Waals surface area contributed by atoms with Crippen LogP contribution in [-0.2, 0) is 4.74 Å². The molecule has 1 aromatic carbocycles. The predicted molar refractivity (Wildman–Crippen MR) is 112 cm³/mol. The molecule has 7 nitrogen and oxygen atoms in total. The molecule has 2 aromatic rings. The van der Waals surface area contributed by atoms with Crippen LogP contribution in [0.15, 0.2) is 42.0 Å². The van der Waals surface area contributed by atoms with Crippen LogP contribution in [0.2, 0.25) is 0 Å². The number of hydrogen-bond acceptors (Lipinski definition) is 7. The average Bonchev–Trinajstić information content (AvgIpc) is 2.76. The zero-order valence-electron chi connectivity index (χ0n) is 16.2. The smallest absolute Gasteiger partial charge is 0.233 e. The van der Waals surface area contributed by atoms with Crippen molar-refractivity contribution >= 4 is 23.5 Å². The van der Waals surface area contributed by atoms with Gasteiger partial charge in [-0.1, -0.05) is 29.8 Å². The quantitative estimate of drug-likeness (QED) is 0.709. The van der Waals surface area contributed by atoms with Crippen LogP contribution >= 0.6 is 0 Å². The minimum Gasteiger partial charge on any atom is -0.378 e. The zero-order chi connectivity index (χ0) is 19.0. The van der Waals surface area contributed by atoms with Crippen molar-refractivity contribution < 1.29 is 4.74 Å². The molecule has 4 rings (SSSR count). The lowest BCUT2D eigenvalue weighted by atomic mass is 9.97. The van der Waals surface area contributed by atoms with Crippen molar-refractivity contribution in [3.8, 4) is 0 Å². The first kappa shape index (κ1) is 18.7. The third kappa shape index (κ3) is 5.19. The molecule has 1 fully saturated rings. The van der Waals surface area contributed by atoms with Crippen molar-refractivity contribution in [1.29, 1.82) is 0 Å². The molecule has 1 saturated heterocycles. The molecule has 2 heterocycles. The maximum absolute atomic E-state index is 5.46. The van der Waals surface area contributed by atoms with Crippen molar-refractivity contribution in [3.63, 3.8) is 0 Å². The van der Waals surface area contributed by atoms with Crippen LogP contribution in [0.3, 0.4) is 0 Å². The van der Waals surface area contributed by atoms with Gasteiger partial charge in [0.15, 0.2) is 0 Å². The first-order chi connectivity index (χ1) is 13.9. The normalized spacial score (nSPS) is 17.1. The Morgan fingerprint density at radius 1 is 0.964 bits per heavy atom. The van der Waals surface area contributed by atoms with E-state index in [1.807, 2.05) is 30.3 Å². The van der Waals surface area contributed by atoms with Crippen LogP contribution in [0.5, 0.6) is 0 Å². The molecule has 0 radical (unpaired) electrons. The SMILES string of the molecule is C1=C(CCNc2nc(Nc3ccccc3)nc(N3CCOCC3)n2)CCCC1. The number of rotatable bonds is 7. The average molecular weight is 380 g/mol. The Morgan fingerprint density at radius 2 is 1.79 bits per heavy atom. The number of morpholine rings is 1. The second kappa shape index (κ2) is 9.50. The molecule has 148 valence electrons. The van der Waals surface area contributed by atoms with E-state index in [1.54, 1.807) is 5.57 Å². The molecule has 7 heteroatoms. The highest BCUT2D eigenvalue weighted by Gasteiger charge is 2.17. The van der Waals surface area contributed by atoms with Crippen molar-refractivity contribution in [1.82, 2.24) is 15.0 Å².